The van der Waals surface area contributed by atoms with Crippen LogP contribution in [0.3, 0.4) is 0 Å². The number of benzene rings is 1. The standard InChI is InChI=1S/C22H21BrF5N3O2/c1-19(4-5-19)18(33)31-10-12(8-16(31)17(32)30-20(11-29)6-7-20)21(24,25)14-3-2-13(23)9-15(14)22(26,27)28/h2-3,9,12,16H,4-8,10H2,1H3,(H,30,32)/t12-,16+/m1/s1. The van der Waals surface area contributed by atoms with Gasteiger partial charge in [0.25, 0.3) is 5.92 Å². The number of amides is 2. The lowest BCUT2D eigenvalue weighted by Gasteiger charge is -2.28. The van der Waals surface area contributed by atoms with E-state index >= 15 is 8.78 Å². The van der Waals surface area contributed by atoms with E-state index in [2.05, 4.69) is 21.2 Å². The van der Waals surface area contributed by atoms with Crippen molar-refractivity contribution in [1.29, 1.82) is 5.26 Å². The Morgan fingerprint density at radius 2 is 1.79 bits per heavy atom. The predicted octanol–water partition coefficient (Wildman–Crippen LogP) is 4.75. The maximum atomic E-state index is 15.5. The zero-order valence-corrected chi connectivity index (χ0v) is 19.2. The lowest BCUT2D eigenvalue weighted by Crippen LogP contribution is -2.50. The third-order valence-corrected chi connectivity index (χ3v) is 7.36. The highest BCUT2D eigenvalue weighted by molar-refractivity contribution is 9.10. The van der Waals surface area contributed by atoms with E-state index in [1.807, 2.05) is 6.07 Å². The fraction of sp³-hybridized carbons (Fsp3) is 0.591. The van der Waals surface area contributed by atoms with Crippen LogP contribution in [0.4, 0.5) is 22.0 Å². The Morgan fingerprint density at radius 3 is 2.30 bits per heavy atom. The summed E-state index contributed by atoms with van der Waals surface area (Å²) in [5, 5.41) is 11.8. The summed E-state index contributed by atoms with van der Waals surface area (Å²) in [4.78, 5) is 27.0. The van der Waals surface area contributed by atoms with Gasteiger partial charge in [-0.3, -0.25) is 9.59 Å². The molecule has 5 nitrogen and oxygen atoms in total. The van der Waals surface area contributed by atoms with Gasteiger partial charge in [-0.05, 0) is 44.2 Å². The number of nitrogens with one attached hydrogen (secondary N) is 1. The van der Waals surface area contributed by atoms with Gasteiger partial charge in [-0.2, -0.15) is 18.4 Å². The van der Waals surface area contributed by atoms with Crippen LogP contribution in [0, 0.1) is 22.7 Å². The summed E-state index contributed by atoms with van der Waals surface area (Å²) in [6, 6.07) is 3.13. The van der Waals surface area contributed by atoms with E-state index in [0.717, 1.165) is 17.0 Å². The van der Waals surface area contributed by atoms with Crippen LogP contribution < -0.4 is 5.32 Å². The summed E-state index contributed by atoms with van der Waals surface area (Å²) in [6.07, 6.45) is -3.59. The Morgan fingerprint density at radius 1 is 1.15 bits per heavy atom. The third kappa shape index (κ3) is 4.34. The molecule has 0 bridgehead atoms. The van der Waals surface area contributed by atoms with Crippen molar-refractivity contribution in [3.8, 4) is 6.07 Å². The van der Waals surface area contributed by atoms with Gasteiger partial charge >= 0.3 is 6.18 Å². The predicted molar refractivity (Wildman–Crippen MR) is 110 cm³/mol. The Labute approximate surface area is 195 Å². The van der Waals surface area contributed by atoms with Crippen molar-refractivity contribution >= 4 is 27.7 Å². The molecule has 2 aliphatic carbocycles. The van der Waals surface area contributed by atoms with Crippen LogP contribution in [0.5, 0.6) is 0 Å². The van der Waals surface area contributed by atoms with Crippen LogP contribution in [-0.2, 0) is 21.7 Å². The molecule has 1 heterocycles. The zero-order valence-electron chi connectivity index (χ0n) is 17.6. The molecular weight excluding hydrogens is 513 g/mol. The maximum absolute atomic E-state index is 15.5. The third-order valence-electron chi connectivity index (χ3n) is 6.87. The average Bonchev–Trinajstić information content (AvgIpc) is 3.63. The summed E-state index contributed by atoms with van der Waals surface area (Å²) >= 11 is 2.89. The van der Waals surface area contributed by atoms with Crippen molar-refractivity contribution in [3.63, 3.8) is 0 Å². The van der Waals surface area contributed by atoms with Crippen LogP contribution in [0.2, 0.25) is 0 Å². The number of nitrogens with zero attached hydrogens (tertiary/aromatic N) is 2. The molecule has 0 aromatic heterocycles. The number of likely N-dealkylation sites (tertiary alicyclic amines) is 1. The first-order valence-electron chi connectivity index (χ1n) is 10.5. The molecule has 0 unspecified atom stereocenters. The minimum absolute atomic E-state index is 0.00255. The van der Waals surface area contributed by atoms with E-state index in [0.29, 0.717) is 31.7 Å². The second-order valence-electron chi connectivity index (χ2n) is 9.46. The normalized spacial score (nSPS) is 25.3. The molecule has 1 aliphatic heterocycles. The van der Waals surface area contributed by atoms with Gasteiger partial charge in [0.1, 0.15) is 11.6 Å². The van der Waals surface area contributed by atoms with E-state index in [4.69, 9.17) is 0 Å². The molecule has 1 N–H and O–H groups in total. The highest BCUT2D eigenvalue weighted by Gasteiger charge is 2.58. The number of carbonyl (C=O) groups is 2. The summed E-state index contributed by atoms with van der Waals surface area (Å²) in [7, 11) is 0. The summed E-state index contributed by atoms with van der Waals surface area (Å²) in [6.45, 7) is 1.12. The minimum atomic E-state index is -5.01. The Balaban J connectivity index is 1.66. The van der Waals surface area contributed by atoms with Crippen LogP contribution in [0.15, 0.2) is 22.7 Å². The summed E-state index contributed by atoms with van der Waals surface area (Å²) < 4.78 is 71.7. The summed E-state index contributed by atoms with van der Waals surface area (Å²) in [5.74, 6) is -6.83. The first-order chi connectivity index (χ1) is 15.2. The number of hydrogen-bond donors (Lipinski definition) is 1. The first-order valence-corrected chi connectivity index (χ1v) is 11.3. The first kappa shape index (κ1) is 23.9. The molecule has 0 spiro atoms. The fourth-order valence-electron chi connectivity index (χ4n) is 4.29. The van der Waals surface area contributed by atoms with E-state index in [1.165, 1.54) is 0 Å². The molecule has 178 valence electrons. The number of carbonyl (C=O) groups excluding carboxylic acids is 2. The largest absolute Gasteiger partial charge is 0.416 e. The van der Waals surface area contributed by atoms with Gasteiger partial charge in [-0.1, -0.05) is 28.9 Å². The quantitative estimate of drug-likeness (QED) is 0.555. The maximum Gasteiger partial charge on any atom is 0.416 e. The molecule has 4 rings (SSSR count). The van der Waals surface area contributed by atoms with Crippen LogP contribution >= 0.6 is 15.9 Å². The minimum Gasteiger partial charge on any atom is -0.336 e. The Hall–Kier alpha value is -2.22. The molecule has 1 aromatic carbocycles. The summed E-state index contributed by atoms with van der Waals surface area (Å²) in [5.41, 5.74) is -4.48. The molecule has 1 saturated heterocycles. The van der Waals surface area contributed by atoms with Crippen molar-refractivity contribution in [3.05, 3.63) is 33.8 Å². The second-order valence-corrected chi connectivity index (χ2v) is 10.4. The van der Waals surface area contributed by atoms with Crippen molar-refractivity contribution in [1.82, 2.24) is 10.2 Å². The van der Waals surface area contributed by atoms with Gasteiger partial charge in [-0.25, -0.2) is 8.78 Å². The van der Waals surface area contributed by atoms with E-state index < -0.39 is 70.9 Å². The highest BCUT2D eigenvalue weighted by Crippen LogP contribution is 2.51. The molecule has 0 radical (unpaired) electrons. The molecule has 1 aromatic rings. The molecule has 2 saturated carbocycles. The van der Waals surface area contributed by atoms with Crippen molar-refractivity contribution in [2.24, 2.45) is 11.3 Å². The number of alkyl halides is 5. The van der Waals surface area contributed by atoms with Crippen LogP contribution in [0.25, 0.3) is 0 Å². The number of halogens is 6. The highest BCUT2D eigenvalue weighted by atomic mass is 79.9. The Bertz CT molecular complexity index is 1040. The van der Waals surface area contributed by atoms with Gasteiger partial charge in [0.05, 0.1) is 11.6 Å². The molecule has 2 atom stereocenters. The van der Waals surface area contributed by atoms with Gasteiger partial charge in [0, 0.05) is 27.9 Å². The molecule has 11 heteroatoms. The fourth-order valence-corrected chi connectivity index (χ4v) is 4.65. The SMILES string of the molecule is CC1(C(=O)N2C[C@H](C(F)(F)c3ccc(Br)cc3C(F)(F)F)C[C@H]2C(=O)NC2(C#N)CC2)CC1. The van der Waals surface area contributed by atoms with E-state index in [1.54, 1.807) is 6.92 Å². The lowest BCUT2D eigenvalue weighted by molar-refractivity contribution is -0.145. The molecule has 2 amide bonds. The lowest BCUT2D eigenvalue weighted by atomic mass is 9.89. The molecule has 3 fully saturated rings. The van der Waals surface area contributed by atoms with E-state index in [-0.39, 0.29) is 4.47 Å². The van der Waals surface area contributed by atoms with Gasteiger partial charge < -0.3 is 10.2 Å². The Kier molecular flexibility index (Phi) is 5.55. The van der Waals surface area contributed by atoms with Crippen molar-refractivity contribution in [2.75, 3.05) is 6.54 Å². The molecule has 33 heavy (non-hydrogen) atoms. The van der Waals surface area contributed by atoms with Gasteiger partial charge in [0.2, 0.25) is 11.8 Å². The smallest absolute Gasteiger partial charge is 0.336 e. The second kappa shape index (κ2) is 7.65. The molecule has 3 aliphatic rings. The monoisotopic (exact) mass is 533 g/mol. The van der Waals surface area contributed by atoms with Gasteiger partial charge in [0.15, 0.2) is 0 Å². The molecular formula is C22H21BrF5N3O2. The van der Waals surface area contributed by atoms with Crippen molar-refractivity contribution in [2.45, 2.75) is 62.7 Å². The zero-order chi connectivity index (χ0) is 24.4. The van der Waals surface area contributed by atoms with Crippen molar-refractivity contribution < 1.29 is 31.5 Å². The van der Waals surface area contributed by atoms with E-state index in [9.17, 15) is 28.0 Å². The van der Waals surface area contributed by atoms with Crippen LogP contribution in [-0.4, -0.2) is 34.8 Å². The average molecular weight is 534 g/mol. The number of nitriles is 1. The van der Waals surface area contributed by atoms with Gasteiger partial charge in [-0.15, -0.1) is 0 Å². The number of rotatable bonds is 5. The van der Waals surface area contributed by atoms with Crippen LogP contribution in [0.1, 0.15) is 50.2 Å². The number of hydrogen-bond acceptors (Lipinski definition) is 3. The topological polar surface area (TPSA) is 73.2 Å².